The highest BCUT2D eigenvalue weighted by Crippen LogP contribution is 2.33. The Labute approximate surface area is 176 Å². The van der Waals surface area contributed by atoms with Crippen LogP contribution >= 0.6 is 0 Å². The van der Waals surface area contributed by atoms with Gasteiger partial charge >= 0.3 is 0 Å². The summed E-state index contributed by atoms with van der Waals surface area (Å²) in [6.45, 7) is 0. The van der Waals surface area contributed by atoms with Gasteiger partial charge in [-0.25, -0.2) is 10.1 Å². The van der Waals surface area contributed by atoms with Gasteiger partial charge in [0.05, 0.1) is 35.6 Å². The molecule has 0 saturated heterocycles. The number of nitrogens with zero attached hydrogens (tertiary/aromatic N) is 4. The average molecular weight is 421 g/mol. The van der Waals surface area contributed by atoms with Crippen molar-refractivity contribution in [1.82, 2.24) is 15.2 Å². The van der Waals surface area contributed by atoms with Crippen LogP contribution in [0.5, 0.6) is 11.5 Å². The number of hydrazone groups is 1. The molecule has 3 aromatic rings. The number of carbonyl (C=O) groups is 1. The molecule has 0 unspecified atom stereocenters. The number of nitro groups is 1. The van der Waals surface area contributed by atoms with Gasteiger partial charge in [-0.3, -0.25) is 14.9 Å². The molecule has 10 nitrogen and oxygen atoms in total. The van der Waals surface area contributed by atoms with Crippen LogP contribution in [-0.2, 0) is 12.8 Å². The van der Waals surface area contributed by atoms with E-state index < -0.39 is 10.8 Å². The molecule has 0 fully saturated rings. The van der Waals surface area contributed by atoms with E-state index >= 15 is 0 Å². The Kier molecular flexibility index (Phi) is 5.35. The Morgan fingerprint density at radius 3 is 2.81 bits per heavy atom. The number of rotatable bonds is 6. The molecular weight excluding hydrogens is 402 g/mol. The summed E-state index contributed by atoms with van der Waals surface area (Å²) in [4.78, 5) is 23.4. The summed E-state index contributed by atoms with van der Waals surface area (Å²) in [5.74, 6) is -0.820. The van der Waals surface area contributed by atoms with Gasteiger partial charge < -0.3 is 9.84 Å². The largest absolute Gasteiger partial charge is 0.504 e. The summed E-state index contributed by atoms with van der Waals surface area (Å²) in [5.41, 5.74) is 5.10. The van der Waals surface area contributed by atoms with Crippen molar-refractivity contribution < 1.29 is 19.6 Å². The number of hydrogen-bond acceptors (Lipinski definition) is 7. The van der Waals surface area contributed by atoms with Crippen LogP contribution in [0.4, 0.5) is 5.69 Å². The average Bonchev–Trinajstić information content (AvgIpc) is 3.37. The highest BCUT2D eigenvalue weighted by Gasteiger charge is 2.27. The van der Waals surface area contributed by atoms with Crippen LogP contribution in [0.3, 0.4) is 0 Å². The van der Waals surface area contributed by atoms with Crippen molar-refractivity contribution in [3.05, 3.63) is 75.1 Å². The van der Waals surface area contributed by atoms with Gasteiger partial charge in [-0.2, -0.15) is 10.2 Å². The summed E-state index contributed by atoms with van der Waals surface area (Å²) in [7, 11) is 1.29. The number of amides is 1. The highest BCUT2D eigenvalue weighted by atomic mass is 16.6. The smallest absolute Gasteiger partial charge is 0.292 e. The van der Waals surface area contributed by atoms with E-state index in [-0.39, 0.29) is 28.4 Å². The highest BCUT2D eigenvalue weighted by molar-refractivity contribution is 5.95. The molecular formula is C21H19N5O5. The van der Waals surface area contributed by atoms with Crippen LogP contribution in [-0.4, -0.2) is 39.0 Å². The number of hydrogen-bond donors (Lipinski definition) is 2. The topological polar surface area (TPSA) is 132 Å². The normalized spacial score (nSPS) is 12.7. The monoisotopic (exact) mass is 421 g/mol. The predicted molar refractivity (Wildman–Crippen MR) is 112 cm³/mol. The minimum absolute atomic E-state index is 0.0173. The Morgan fingerprint density at radius 1 is 1.32 bits per heavy atom. The molecule has 4 rings (SSSR count). The zero-order valence-electron chi connectivity index (χ0n) is 16.6. The fraction of sp³-hybridized carbons (Fsp3) is 0.190. The van der Waals surface area contributed by atoms with Gasteiger partial charge in [-0.1, -0.05) is 18.2 Å². The first kappa shape index (κ1) is 20.1. The maximum atomic E-state index is 12.7. The van der Waals surface area contributed by atoms with Gasteiger partial charge in [0, 0.05) is 11.3 Å². The zero-order valence-corrected chi connectivity index (χ0v) is 16.6. The maximum Gasteiger partial charge on any atom is 0.292 e. The van der Waals surface area contributed by atoms with Crippen molar-refractivity contribution in [3.63, 3.8) is 0 Å². The standard InChI is InChI=1S/C21H19N5O5/c1-31-19-11-17(26(29)30)13(10-18(19)27)12-22-23-21(28)20-15-8-5-9-16(15)25(24-20)14-6-3-2-4-7-14/h2-4,6-7,10-12,27H,5,8-9H2,1H3,(H,23,28)/b22-12+. The third-order valence-corrected chi connectivity index (χ3v) is 5.04. The minimum Gasteiger partial charge on any atom is -0.504 e. The first-order chi connectivity index (χ1) is 15.0. The van der Waals surface area contributed by atoms with Crippen molar-refractivity contribution in [1.29, 1.82) is 0 Å². The van der Waals surface area contributed by atoms with Crippen molar-refractivity contribution in [2.45, 2.75) is 19.3 Å². The molecule has 1 heterocycles. The molecule has 2 aromatic carbocycles. The first-order valence-corrected chi connectivity index (χ1v) is 9.54. The van der Waals surface area contributed by atoms with Gasteiger partial charge in [0.1, 0.15) is 0 Å². The zero-order chi connectivity index (χ0) is 22.0. The number of para-hydroxylation sites is 1. The number of fused-ring (bicyclic) bond motifs is 1. The molecule has 1 aliphatic rings. The summed E-state index contributed by atoms with van der Waals surface area (Å²) >= 11 is 0. The Bertz CT molecular complexity index is 1190. The Hall–Kier alpha value is -4.21. The lowest BCUT2D eigenvalue weighted by atomic mass is 10.1. The maximum absolute atomic E-state index is 12.7. The number of phenols is 1. The first-order valence-electron chi connectivity index (χ1n) is 9.54. The number of nitro benzene ring substituents is 1. The molecule has 0 radical (unpaired) electrons. The summed E-state index contributed by atoms with van der Waals surface area (Å²) in [5, 5.41) is 29.5. The fourth-order valence-electron chi connectivity index (χ4n) is 3.61. The number of phenolic OH excluding ortho intramolecular Hbond substituents is 1. The fourth-order valence-corrected chi connectivity index (χ4v) is 3.61. The molecule has 0 saturated carbocycles. The second kappa shape index (κ2) is 8.27. The number of benzene rings is 2. The minimum atomic E-state index is -0.625. The number of carbonyl (C=O) groups excluding carboxylic acids is 1. The molecule has 1 aromatic heterocycles. The van der Waals surface area contributed by atoms with Crippen molar-refractivity contribution in [2.75, 3.05) is 7.11 Å². The number of ether oxygens (including phenoxy) is 1. The Morgan fingerprint density at radius 2 is 2.10 bits per heavy atom. The lowest BCUT2D eigenvalue weighted by Crippen LogP contribution is -2.20. The molecule has 0 spiro atoms. The lowest BCUT2D eigenvalue weighted by molar-refractivity contribution is -0.385. The van der Waals surface area contributed by atoms with E-state index in [0.29, 0.717) is 0 Å². The third kappa shape index (κ3) is 3.82. The van der Waals surface area contributed by atoms with E-state index in [1.165, 1.54) is 7.11 Å². The van der Waals surface area contributed by atoms with E-state index in [0.717, 1.165) is 54.6 Å². The second-order valence-corrected chi connectivity index (χ2v) is 6.91. The Balaban J connectivity index is 1.59. The molecule has 0 aliphatic heterocycles. The summed E-state index contributed by atoms with van der Waals surface area (Å²) in [6, 6.07) is 11.8. The van der Waals surface area contributed by atoms with Gasteiger partial charge in [0.25, 0.3) is 11.6 Å². The molecule has 10 heteroatoms. The predicted octanol–water partition coefficient (Wildman–Crippen LogP) is 2.75. The number of aromatic hydroxyl groups is 1. The number of nitrogens with one attached hydrogen (secondary N) is 1. The van der Waals surface area contributed by atoms with E-state index in [1.54, 1.807) is 4.68 Å². The van der Waals surface area contributed by atoms with Gasteiger partial charge in [0.2, 0.25) is 0 Å². The summed E-state index contributed by atoms with van der Waals surface area (Å²) in [6.07, 6.45) is 3.60. The second-order valence-electron chi connectivity index (χ2n) is 6.91. The van der Waals surface area contributed by atoms with Crippen LogP contribution in [0.2, 0.25) is 0 Å². The van der Waals surface area contributed by atoms with Crippen molar-refractivity contribution >= 4 is 17.8 Å². The van der Waals surface area contributed by atoms with Gasteiger partial charge in [-0.05, 0) is 37.5 Å². The van der Waals surface area contributed by atoms with Crippen molar-refractivity contribution in [2.24, 2.45) is 5.10 Å². The molecule has 2 N–H and O–H groups in total. The number of methoxy groups -OCH3 is 1. The van der Waals surface area contributed by atoms with Crippen LogP contribution < -0.4 is 10.2 Å². The van der Waals surface area contributed by atoms with E-state index in [2.05, 4.69) is 15.6 Å². The van der Waals surface area contributed by atoms with Gasteiger partial charge in [-0.15, -0.1) is 0 Å². The van der Waals surface area contributed by atoms with E-state index in [9.17, 15) is 20.0 Å². The van der Waals surface area contributed by atoms with Crippen LogP contribution in [0.1, 0.15) is 33.7 Å². The molecule has 158 valence electrons. The van der Waals surface area contributed by atoms with Crippen LogP contribution in [0.15, 0.2) is 47.6 Å². The van der Waals surface area contributed by atoms with E-state index in [1.807, 2.05) is 30.3 Å². The van der Waals surface area contributed by atoms with Crippen LogP contribution in [0.25, 0.3) is 5.69 Å². The van der Waals surface area contributed by atoms with E-state index in [4.69, 9.17) is 4.74 Å². The molecule has 1 amide bonds. The van der Waals surface area contributed by atoms with Crippen LogP contribution in [0, 0.1) is 10.1 Å². The quantitative estimate of drug-likeness (QED) is 0.357. The van der Waals surface area contributed by atoms with Gasteiger partial charge in [0.15, 0.2) is 17.2 Å². The third-order valence-electron chi connectivity index (χ3n) is 5.04. The SMILES string of the molecule is COc1cc([N+](=O)[O-])c(/C=N/NC(=O)c2nn(-c3ccccc3)c3c2CCC3)cc1O. The summed E-state index contributed by atoms with van der Waals surface area (Å²) < 4.78 is 6.66. The molecule has 0 atom stereocenters. The number of aromatic nitrogens is 2. The molecule has 1 aliphatic carbocycles. The lowest BCUT2D eigenvalue weighted by Gasteiger charge is -2.05. The molecule has 31 heavy (non-hydrogen) atoms. The molecule has 0 bridgehead atoms. The van der Waals surface area contributed by atoms with Crippen molar-refractivity contribution in [3.8, 4) is 17.2 Å².